The number of amides is 1. The van der Waals surface area contributed by atoms with Crippen molar-refractivity contribution in [1.29, 1.82) is 0 Å². The minimum atomic E-state index is -0.571. The van der Waals surface area contributed by atoms with Gasteiger partial charge in [0.1, 0.15) is 0 Å². The fraction of sp³-hybridized carbons (Fsp3) is 0.152. The Kier molecular flexibility index (Phi) is 6.46. The number of carbonyl (C=O) groups is 2. The molecule has 1 aliphatic carbocycles. The van der Waals surface area contributed by atoms with Gasteiger partial charge < -0.3 is 5.32 Å². The zero-order valence-electron chi connectivity index (χ0n) is 21.0. The molecule has 0 saturated carbocycles. The van der Waals surface area contributed by atoms with E-state index in [4.69, 9.17) is 0 Å². The van der Waals surface area contributed by atoms with E-state index in [1.165, 1.54) is 5.56 Å². The first-order chi connectivity index (χ1) is 18.5. The molecule has 4 aromatic rings. The van der Waals surface area contributed by atoms with Crippen molar-refractivity contribution in [3.63, 3.8) is 0 Å². The normalized spacial score (nSPS) is 18.8. The molecule has 0 fully saturated rings. The number of halogens is 1. The first-order valence-electron chi connectivity index (χ1n) is 12.8. The predicted molar refractivity (Wildman–Crippen MR) is 155 cm³/mol. The van der Waals surface area contributed by atoms with Gasteiger partial charge in [0, 0.05) is 27.7 Å². The Bertz CT molecular complexity index is 1560. The average molecular weight is 563 g/mol. The lowest BCUT2D eigenvalue weighted by molar-refractivity contribution is -0.116. The quantitative estimate of drug-likeness (QED) is 0.275. The summed E-state index contributed by atoms with van der Waals surface area (Å²) in [5, 5.41) is 3.61. The fourth-order valence-corrected chi connectivity index (χ4v) is 6.02. The van der Waals surface area contributed by atoms with Crippen LogP contribution in [0.4, 0.5) is 11.4 Å². The van der Waals surface area contributed by atoms with Crippen molar-refractivity contribution in [2.24, 2.45) is 0 Å². The highest BCUT2D eigenvalue weighted by Crippen LogP contribution is 2.48. The van der Waals surface area contributed by atoms with Gasteiger partial charge in [0.25, 0.3) is 5.91 Å². The Balaban J connectivity index is 1.56. The standard InChI is InChI=1S/C33H27BrN2O2/c1-21-14-16-22(17-15-21)25-19-28-31(30(37)20-25)32(24-10-7-11-26(34)18-24)36(29-13-6-5-12-27(29)35-28)33(38)23-8-3-2-4-9-23/h2-18,25,32,35H,19-20H2,1H3/t25-,32-/m0/s1. The van der Waals surface area contributed by atoms with E-state index in [0.29, 0.717) is 24.0 Å². The molecule has 1 aliphatic heterocycles. The Morgan fingerprint density at radius 2 is 1.58 bits per heavy atom. The van der Waals surface area contributed by atoms with Crippen LogP contribution in [0.2, 0.25) is 0 Å². The number of aryl methyl sites for hydroxylation is 1. The molecule has 0 radical (unpaired) electrons. The summed E-state index contributed by atoms with van der Waals surface area (Å²) in [5.41, 5.74) is 6.93. The number of hydrogen-bond donors (Lipinski definition) is 1. The van der Waals surface area contributed by atoms with Crippen LogP contribution < -0.4 is 10.2 Å². The van der Waals surface area contributed by atoms with Crippen molar-refractivity contribution >= 4 is 39.0 Å². The third kappa shape index (κ3) is 4.48. The van der Waals surface area contributed by atoms with Gasteiger partial charge in [0.2, 0.25) is 0 Å². The van der Waals surface area contributed by atoms with Crippen molar-refractivity contribution in [3.05, 3.63) is 141 Å². The number of nitrogens with one attached hydrogen (secondary N) is 1. The summed E-state index contributed by atoms with van der Waals surface area (Å²) in [7, 11) is 0. The molecule has 1 amide bonds. The highest BCUT2D eigenvalue weighted by atomic mass is 79.9. The number of rotatable bonds is 3. The van der Waals surface area contributed by atoms with Crippen LogP contribution in [-0.4, -0.2) is 11.7 Å². The Morgan fingerprint density at radius 1 is 0.842 bits per heavy atom. The molecule has 0 spiro atoms. The van der Waals surface area contributed by atoms with Crippen LogP contribution in [0.5, 0.6) is 0 Å². The summed E-state index contributed by atoms with van der Waals surface area (Å²) in [4.78, 5) is 30.1. The minimum Gasteiger partial charge on any atom is -0.357 e. The molecular weight excluding hydrogens is 536 g/mol. The molecule has 2 atom stereocenters. The number of nitrogens with zero attached hydrogens (tertiary/aromatic N) is 1. The summed E-state index contributed by atoms with van der Waals surface area (Å²) in [6, 6.07) is 32.9. The maximum absolute atomic E-state index is 14.2. The molecule has 4 nitrogen and oxygen atoms in total. The lowest BCUT2D eigenvalue weighted by Gasteiger charge is -2.35. The van der Waals surface area contributed by atoms with Crippen molar-refractivity contribution in [2.45, 2.75) is 31.7 Å². The maximum atomic E-state index is 14.2. The predicted octanol–water partition coefficient (Wildman–Crippen LogP) is 7.97. The molecule has 188 valence electrons. The zero-order valence-corrected chi connectivity index (χ0v) is 22.6. The van der Waals surface area contributed by atoms with Crippen molar-refractivity contribution < 1.29 is 9.59 Å². The highest BCUT2D eigenvalue weighted by Gasteiger charge is 2.41. The van der Waals surface area contributed by atoms with Crippen LogP contribution in [0.25, 0.3) is 0 Å². The molecule has 0 saturated heterocycles. The second kappa shape index (κ2) is 10.1. The van der Waals surface area contributed by atoms with Gasteiger partial charge in [-0.05, 0) is 66.8 Å². The van der Waals surface area contributed by atoms with Crippen molar-refractivity contribution in [2.75, 3.05) is 10.2 Å². The summed E-state index contributed by atoms with van der Waals surface area (Å²) in [6.07, 6.45) is 1.09. The number of benzene rings is 4. The van der Waals surface area contributed by atoms with Gasteiger partial charge in [-0.2, -0.15) is 0 Å². The maximum Gasteiger partial charge on any atom is 0.259 e. The van der Waals surface area contributed by atoms with E-state index in [0.717, 1.165) is 32.7 Å². The monoisotopic (exact) mass is 562 g/mol. The SMILES string of the molecule is Cc1ccc([C@@H]2CC(=O)C3=C(C2)Nc2ccccc2N(C(=O)c2ccccc2)[C@H]3c2cccc(Br)c2)cc1. The lowest BCUT2D eigenvalue weighted by atomic mass is 9.78. The fourth-order valence-electron chi connectivity index (χ4n) is 5.60. The van der Waals surface area contributed by atoms with Crippen LogP contribution in [0.1, 0.15) is 51.8 Å². The third-order valence-electron chi connectivity index (χ3n) is 7.44. The zero-order chi connectivity index (χ0) is 26.2. The molecular formula is C33H27BrN2O2. The summed E-state index contributed by atoms with van der Waals surface area (Å²) < 4.78 is 0.899. The van der Waals surface area contributed by atoms with E-state index in [-0.39, 0.29) is 17.6 Å². The molecule has 2 aliphatic rings. The number of carbonyl (C=O) groups excluding carboxylic acids is 2. The van der Waals surface area contributed by atoms with Gasteiger partial charge in [-0.1, -0.05) is 88.2 Å². The third-order valence-corrected chi connectivity index (χ3v) is 7.93. The Labute approximate surface area is 231 Å². The van der Waals surface area contributed by atoms with E-state index < -0.39 is 6.04 Å². The number of ketones is 1. The van der Waals surface area contributed by atoms with Gasteiger partial charge in [-0.15, -0.1) is 0 Å². The van der Waals surface area contributed by atoms with Gasteiger partial charge in [0.05, 0.1) is 17.4 Å². The Morgan fingerprint density at radius 3 is 2.34 bits per heavy atom. The number of fused-ring (bicyclic) bond motifs is 1. The number of Topliss-reactive ketones (excluding diaryl/α,β-unsaturated/α-hetero) is 1. The van der Waals surface area contributed by atoms with E-state index >= 15 is 0 Å². The number of para-hydroxylation sites is 2. The van der Waals surface area contributed by atoms with Crippen LogP contribution >= 0.6 is 15.9 Å². The van der Waals surface area contributed by atoms with Crippen molar-refractivity contribution in [1.82, 2.24) is 0 Å². The molecule has 5 heteroatoms. The molecule has 1 N–H and O–H groups in total. The van der Waals surface area contributed by atoms with Crippen molar-refractivity contribution in [3.8, 4) is 0 Å². The van der Waals surface area contributed by atoms with Crippen LogP contribution in [0.15, 0.2) is 119 Å². The number of hydrogen-bond acceptors (Lipinski definition) is 3. The van der Waals surface area contributed by atoms with E-state index in [2.05, 4.69) is 52.4 Å². The minimum absolute atomic E-state index is 0.0629. The van der Waals surface area contributed by atoms with Crippen LogP contribution in [0.3, 0.4) is 0 Å². The number of anilines is 2. The highest BCUT2D eigenvalue weighted by molar-refractivity contribution is 9.10. The van der Waals surface area contributed by atoms with Gasteiger partial charge in [-0.3, -0.25) is 14.5 Å². The second-order valence-electron chi connectivity index (χ2n) is 9.97. The summed E-state index contributed by atoms with van der Waals surface area (Å²) in [5.74, 6) is -0.0129. The molecule has 0 aromatic heterocycles. The second-order valence-corrected chi connectivity index (χ2v) is 10.9. The molecule has 1 heterocycles. The smallest absolute Gasteiger partial charge is 0.259 e. The van der Waals surface area contributed by atoms with Crippen LogP contribution in [-0.2, 0) is 4.79 Å². The lowest BCUT2D eigenvalue weighted by Crippen LogP contribution is -2.38. The summed E-state index contributed by atoms with van der Waals surface area (Å²) in [6.45, 7) is 2.07. The summed E-state index contributed by atoms with van der Waals surface area (Å²) >= 11 is 3.61. The van der Waals surface area contributed by atoms with Gasteiger partial charge >= 0.3 is 0 Å². The largest absolute Gasteiger partial charge is 0.357 e. The topological polar surface area (TPSA) is 49.4 Å². The molecule has 6 rings (SSSR count). The van der Waals surface area contributed by atoms with E-state index in [1.54, 1.807) is 4.90 Å². The molecule has 38 heavy (non-hydrogen) atoms. The Hall–Kier alpha value is -3.96. The molecule has 0 bridgehead atoms. The number of allylic oxidation sites excluding steroid dienone is 1. The van der Waals surface area contributed by atoms with E-state index in [9.17, 15) is 9.59 Å². The first kappa shape index (κ1) is 24.4. The molecule has 4 aromatic carbocycles. The first-order valence-corrected chi connectivity index (χ1v) is 13.6. The molecule has 0 unspecified atom stereocenters. The van der Waals surface area contributed by atoms with Crippen LogP contribution in [0, 0.1) is 6.92 Å². The van der Waals surface area contributed by atoms with Gasteiger partial charge in [-0.25, -0.2) is 0 Å². The van der Waals surface area contributed by atoms with E-state index in [1.807, 2.05) is 78.9 Å². The average Bonchev–Trinajstić information content (AvgIpc) is 3.08. The van der Waals surface area contributed by atoms with Gasteiger partial charge in [0.15, 0.2) is 5.78 Å².